The lowest BCUT2D eigenvalue weighted by molar-refractivity contribution is -0.115. The molecule has 1 heterocycles. The fourth-order valence-electron chi connectivity index (χ4n) is 3.17. The lowest BCUT2D eigenvalue weighted by Gasteiger charge is -2.26. The molecule has 2 aromatic rings. The number of methoxy groups -OCH3 is 1. The summed E-state index contributed by atoms with van der Waals surface area (Å²) in [7, 11) is 1.63. The molecule has 0 saturated heterocycles. The summed E-state index contributed by atoms with van der Waals surface area (Å²) in [5.41, 5.74) is 2.64. The number of anilines is 1. The third kappa shape index (κ3) is 3.90. The number of aromatic nitrogens is 1. The Balaban J connectivity index is 1.70. The normalized spacial score (nSPS) is 15.6. The van der Waals surface area contributed by atoms with E-state index in [1.807, 2.05) is 25.1 Å². The maximum atomic E-state index is 12.3. The van der Waals surface area contributed by atoms with Crippen molar-refractivity contribution >= 4 is 28.2 Å². The number of aryl methyl sites for hydroxylation is 1. The predicted molar refractivity (Wildman–Crippen MR) is 98.6 cm³/mol. The first kappa shape index (κ1) is 17.6. The van der Waals surface area contributed by atoms with E-state index in [0.717, 1.165) is 29.0 Å². The molecule has 1 aliphatic rings. The highest BCUT2D eigenvalue weighted by Gasteiger charge is 2.34. The number of ketones is 1. The first-order chi connectivity index (χ1) is 11.8. The number of carbonyl (C=O) groups is 2. The van der Waals surface area contributed by atoms with E-state index in [1.165, 1.54) is 11.3 Å². The van der Waals surface area contributed by atoms with Crippen LogP contribution < -0.4 is 10.1 Å². The van der Waals surface area contributed by atoms with E-state index in [9.17, 15) is 9.59 Å². The van der Waals surface area contributed by atoms with E-state index in [2.05, 4.69) is 24.1 Å². The van der Waals surface area contributed by atoms with Crippen molar-refractivity contribution < 1.29 is 14.3 Å². The molecule has 1 amide bonds. The SMILES string of the molecule is COc1ccc(CC(=O)Nc2nc3c(s2)C(=O)CC(C)(C)C3)cc1C. The van der Waals surface area contributed by atoms with Gasteiger partial charge in [0.15, 0.2) is 10.9 Å². The summed E-state index contributed by atoms with van der Waals surface area (Å²) in [5.74, 6) is 0.787. The molecule has 0 unspecified atom stereocenters. The Morgan fingerprint density at radius 1 is 1.36 bits per heavy atom. The molecule has 0 radical (unpaired) electrons. The number of nitrogens with zero attached hydrogens (tertiary/aromatic N) is 1. The number of nitrogens with one attached hydrogen (secondary N) is 1. The maximum Gasteiger partial charge on any atom is 0.230 e. The Hall–Kier alpha value is -2.21. The van der Waals surface area contributed by atoms with Gasteiger partial charge in [0.25, 0.3) is 0 Å². The van der Waals surface area contributed by atoms with Gasteiger partial charge in [-0.1, -0.05) is 37.3 Å². The van der Waals surface area contributed by atoms with E-state index < -0.39 is 0 Å². The van der Waals surface area contributed by atoms with Gasteiger partial charge in [-0.3, -0.25) is 9.59 Å². The molecule has 0 fully saturated rings. The topological polar surface area (TPSA) is 68.3 Å². The summed E-state index contributed by atoms with van der Waals surface area (Å²) in [6, 6.07) is 5.68. The Labute approximate surface area is 151 Å². The van der Waals surface area contributed by atoms with Crippen molar-refractivity contribution in [2.45, 2.75) is 40.0 Å². The molecule has 3 rings (SSSR count). The molecule has 6 heteroatoms. The van der Waals surface area contributed by atoms with Gasteiger partial charge in [-0.05, 0) is 36.0 Å². The molecule has 1 aliphatic carbocycles. The third-order valence-corrected chi connectivity index (χ3v) is 5.36. The van der Waals surface area contributed by atoms with Crippen molar-refractivity contribution in [3.63, 3.8) is 0 Å². The Kier molecular flexibility index (Phi) is 4.64. The quantitative estimate of drug-likeness (QED) is 0.903. The van der Waals surface area contributed by atoms with Gasteiger partial charge in [0.05, 0.1) is 24.1 Å². The third-order valence-electron chi connectivity index (χ3n) is 4.31. The average Bonchev–Trinajstić information content (AvgIpc) is 2.88. The van der Waals surface area contributed by atoms with Crippen molar-refractivity contribution in [1.82, 2.24) is 4.98 Å². The molecule has 5 nitrogen and oxygen atoms in total. The molecule has 1 N–H and O–H groups in total. The first-order valence-corrected chi connectivity index (χ1v) is 9.05. The Morgan fingerprint density at radius 2 is 2.12 bits per heavy atom. The second-order valence-corrected chi connectivity index (χ2v) is 8.26. The molecule has 0 atom stereocenters. The van der Waals surface area contributed by atoms with Gasteiger partial charge in [0.2, 0.25) is 5.91 Å². The summed E-state index contributed by atoms with van der Waals surface area (Å²) in [6.07, 6.45) is 1.55. The van der Waals surface area contributed by atoms with Gasteiger partial charge in [0.1, 0.15) is 5.75 Å². The molecule has 1 aromatic carbocycles. The number of hydrogen-bond donors (Lipinski definition) is 1. The Bertz CT molecular complexity index is 839. The van der Waals surface area contributed by atoms with Crippen molar-refractivity contribution in [3.8, 4) is 5.75 Å². The number of ether oxygens (including phenoxy) is 1. The number of amides is 1. The first-order valence-electron chi connectivity index (χ1n) is 8.24. The number of fused-ring (bicyclic) bond motifs is 1. The summed E-state index contributed by atoms with van der Waals surface area (Å²) < 4.78 is 5.23. The number of thiazole rings is 1. The second-order valence-electron chi connectivity index (χ2n) is 7.26. The molecular formula is C19H22N2O3S. The minimum absolute atomic E-state index is 0.0694. The standard InChI is InChI=1S/C19H22N2O3S/c1-11-7-12(5-6-15(11)24-4)8-16(23)21-18-20-13-9-19(2,3)10-14(22)17(13)25-18/h5-7H,8-10H2,1-4H3,(H,20,21,23). The Morgan fingerprint density at radius 3 is 2.80 bits per heavy atom. The molecule has 0 saturated carbocycles. The van der Waals surface area contributed by atoms with E-state index in [4.69, 9.17) is 4.74 Å². The second kappa shape index (κ2) is 6.59. The summed E-state index contributed by atoms with van der Waals surface area (Å²) >= 11 is 1.28. The summed E-state index contributed by atoms with van der Waals surface area (Å²) in [5, 5.41) is 3.33. The molecule has 0 spiro atoms. The lowest BCUT2D eigenvalue weighted by atomic mass is 9.78. The molecule has 0 bridgehead atoms. The van der Waals surface area contributed by atoms with Crippen molar-refractivity contribution in [1.29, 1.82) is 0 Å². The number of benzene rings is 1. The van der Waals surface area contributed by atoms with Crippen LogP contribution in [0.5, 0.6) is 5.75 Å². The van der Waals surface area contributed by atoms with Crippen LogP contribution in [-0.4, -0.2) is 23.8 Å². The van der Waals surface area contributed by atoms with Gasteiger partial charge < -0.3 is 10.1 Å². The minimum atomic E-state index is -0.137. The van der Waals surface area contributed by atoms with Crippen molar-refractivity contribution in [2.75, 3.05) is 12.4 Å². The summed E-state index contributed by atoms with van der Waals surface area (Å²) in [4.78, 5) is 29.7. The van der Waals surface area contributed by atoms with Crippen LogP contribution in [0.3, 0.4) is 0 Å². The maximum absolute atomic E-state index is 12.3. The molecule has 1 aromatic heterocycles. The van der Waals surface area contributed by atoms with Gasteiger partial charge >= 0.3 is 0 Å². The predicted octanol–water partition coefficient (Wildman–Crippen LogP) is 3.80. The lowest BCUT2D eigenvalue weighted by Crippen LogP contribution is -2.26. The van der Waals surface area contributed by atoms with Crippen LogP contribution in [0.2, 0.25) is 0 Å². The highest BCUT2D eigenvalue weighted by Crippen LogP contribution is 2.38. The fourth-order valence-corrected chi connectivity index (χ4v) is 4.11. The van der Waals surface area contributed by atoms with Gasteiger partial charge in [-0.2, -0.15) is 0 Å². The molecule has 0 aliphatic heterocycles. The number of Topliss-reactive ketones (excluding diaryl/α,β-unsaturated/α-hetero) is 1. The highest BCUT2D eigenvalue weighted by molar-refractivity contribution is 7.17. The number of hydrogen-bond acceptors (Lipinski definition) is 5. The van der Waals surface area contributed by atoms with Crippen LogP contribution in [0.25, 0.3) is 0 Å². The number of rotatable bonds is 4. The molecule has 25 heavy (non-hydrogen) atoms. The van der Waals surface area contributed by atoms with E-state index in [0.29, 0.717) is 16.4 Å². The zero-order chi connectivity index (χ0) is 18.2. The van der Waals surface area contributed by atoms with E-state index >= 15 is 0 Å². The summed E-state index contributed by atoms with van der Waals surface area (Å²) in [6.45, 7) is 6.08. The molecule has 132 valence electrons. The number of carbonyl (C=O) groups excluding carboxylic acids is 2. The van der Waals surface area contributed by atoms with Crippen LogP contribution in [-0.2, 0) is 17.6 Å². The zero-order valence-electron chi connectivity index (χ0n) is 14.9. The van der Waals surface area contributed by atoms with Crippen LogP contribution in [0.15, 0.2) is 18.2 Å². The largest absolute Gasteiger partial charge is 0.496 e. The van der Waals surface area contributed by atoms with Gasteiger partial charge in [0, 0.05) is 6.42 Å². The van der Waals surface area contributed by atoms with Crippen LogP contribution in [0.1, 0.15) is 46.8 Å². The van der Waals surface area contributed by atoms with Gasteiger partial charge in [-0.15, -0.1) is 0 Å². The van der Waals surface area contributed by atoms with Crippen LogP contribution >= 0.6 is 11.3 Å². The van der Waals surface area contributed by atoms with Crippen LogP contribution in [0, 0.1) is 12.3 Å². The van der Waals surface area contributed by atoms with Gasteiger partial charge in [-0.25, -0.2) is 4.98 Å². The minimum Gasteiger partial charge on any atom is -0.496 e. The van der Waals surface area contributed by atoms with Crippen molar-refractivity contribution in [2.24, 2.45) is 5.41 Å². The zero-order valence-corrected chi connectivity index (χ0v) is 15.8. The smallest absolute Gasteiger partial charge is 0.230 e. The molecular weight excluding hydrogens is 336 g/mol. The van der Waals surface area contributed by atoms with Crippen LogP contribution in [0.4, 0.5) is 5.13 Å². The van der Waals surface area contributed by atoms with Crippen molar-refractivity contribution in [3.05, 3.63) is 39.9 Å². The highest BCUT2D eigenvalue weighted by atomic mass is 32.1. The fraction of sp³-hybridized carbons (Fsp3) is 0.421. The van der Waals surface area contributed by atoms with E-state index in [-0.39, 0.29) is 23.5 Å². The average molecular weight is 358 g/mol. The monoisotopic (exact) mass is 358 g/mol. The van der Waals surface area contributed by atoms with E-state index in [1.54, 1.807) is 7.11 Å².